The van der Waals surface area contributed by atoms with Crippen molar-refractivity contribution in [2.75, 3.05) is 59.7 Å². The van der Waals surface area contributed by atoms with E-state index in [4.69, 9.17) is 28.7 Å². The number of amides is 3. The Bertz CT molecular complexity index is 3020. The molecule has 0 saturated heterocycles. The van der Waals surface area contributed by atoms with Gasteiger partial charge in [-0.1, -0.05) is 36.4 Å². The second kappa shape index (κ2) is 20.2. The Morgan fingerprint density at radius 3 is 1.96 bits per heavy atom. The Balaban J connectivity index is 1.06. The first-order valence-electron chi connectivity index (χ1n) is 24.8. The Morgan fingerprint density at radius 2 is 1.33 bits per heavy atom. The molecule has 0 bridgehead atoms. The summed E-state index contributed by atoms with van der Waals surface area (Å²) in [6.45, 7) is 16.3. The van der Waals surface area contributed by atoms with E-state index in [-0.39, 0.29) is 67.7 Å². The number of benzene rings is 5. The number of carbonyl (C=O) groups excluding carboxylic acids is 4. The van der Waals surface area contributed by atoms with E-state index in [2.05, 4.69) is 11.4 Å². The maximum absolute atomic E-state index is 15.1. The number of rotatable bonds is 17. The monoisotopic (exact) mass is 1010 g/mol. The molecule has 2 atom stereocenters. The van der Waals surface area contributed by atoms with Gasteiger partial charge in [0.15, 0.2) is 23.0 Å². The number of ketones is 1. The molecule has 1 N–H and O–H groups in total. The normalized spacial score (nSPS) is 16.7. The van der Waals surface area contributed by atoms with E-state index >= 15 is 4.79 Å². The smallest absolute Gasteiger partial charge is 0.261 e. The first kappa shape index (κ1) is 51.1. The summed E-state index contributed by atoms with van der Waals surface area (Å²) in [6, 6.07) is 28.4. The van der Waals surface area contributed by atoms with E-state index < -0.39 is 15.8 Å². The van der Waals surface area contributed by atoms with E-state index in [1.807, 2.05) is 126 Å². The third-order valence-electron chi connectivity index (χ3n) is 13.5. The summed E-state index contributed by atoms with van der Waals surface area (Å²) in [5.41, 5.74) is 6.58. The highest BCUT2D eigenvalue weighted by atomic mass is 32.2. The van der Waals surface area contributed by atoms with Crippen LogP contribution < -0.4 is 39.0 Å². The highest BCUT2D eigenvalue weighted by Gasteiger charge is 2.40. The van der Waals surface area contributed by atoms with Crippen LogP contribution in [-0.4, -0.2) is 91.8 Å². The van der Waals surface area contributed by atoms with Crippen molar-refractivity contribution in [3.63, 3.8) is 0 Å². The van der Waals surface area contributed by atoms with Gasteiger partial charge in [0.2, 0.25) is 5.91 Å². The van der Waals surface area contributed by atoms with Crippen molar-refractivity contribution in [2.45, 2.75) is 104 Å². The summed E-state index contributed by atoms with van der Waals surface area (Å²) < 4.78 is 30.7. The number of methoxy groups -OCH3 is 2. The molecule has 0 fully saturated rings. The zero-order valence-electron chi connectivity index (χ0n) is 43.4. The first-order chi connectivity index (χ1) is 34.7. The van der Waals surface area contributed by atoms with E-state index in [9.17, 15) is 14.4 Å². The van der Waals surface area contributed by atoms with Gasteiger partial charge in [-0.3, -0.25) is 29.1 Å². The molecule has 0 aliphatic carbocycles. The number of fused-ring (bicyclic) bond motifs is 8. The number of Topliss-reactive ketones (excluding diaryl/α,β-unsaturated/α-hetero) is 1. The van der Waals surface area contributed by atoms with Crippen molar-refractivity contribution < 1.29 is 42.9 Å². The van der Waals surface area contributed by atoms with Gasteiger partial charge in [-0.15, -0.1) is 11.8 Å². The highest BCUT2D eigenvalue weighted by Crippen LogP contribution is 2.44. The Hall–Kier alpha value is -6.84. The predicted octanol–water partition coefficient (Wildman–Crippen LogP) is 10.4. The number of nitrogens with one attached hydrogen (secondary N) is 1. The zero-order chi connectivity index (χ0) is 52.0. The number of thioether (sulfide) groups is 1. The van der Waals surface area contributed by atoms with Gasteiger partial charge >= 0.3 is 0 Å². The largest absolute Gasteiger partial charge is 0.493 e. The van der Waals surface area contributed by atoms with Gasteiger partial charge in [0.1, 0.15) is 19.0 Å². The molecular formula is C58H65N5O9S. The van der Waals surface area contributed by atoms with Crippen LogP contribution in [0.15, 0.2) is 96.0 Å². The lowest BCUT2D eigenvalue weighted by Gasteiger charge is -2.38. The van der Waals surface area contributed by atoms with Gasteiger partial charge < -0.3 is 38.8 Å². The molecule has 73 heavy (non-hydrogen) atoms. The number of hydrogen-bond acceptors (Lipinski definition) is 12. The lowest BCUT2D eigenvalue weighted by atomic mass is 9.91. The number of anilines is 4. The average molecular weight is 1010 g/mol. The number of carbonyl (C=O) groups is 4. The minimum Gasteiger partial charge on any atom is -0.493 e. The number of aliphatic imine (C=N–C) groups is 1. The van der Waals surface area contributed by atoms with Crippen molar-refractivity contribution in [2.24, 2.45) is 10.4 Å². The van der Waals surface area contributed by atoms with Crippen LogP contribution in [-0.2, 0) is 40.4 Å². The van der Waals surface area contributed by atoms with Gasteiger partial charge in [0, 0.05) is 59.7 Å². The second-order valence-corrected chi connectivity index (χ2v) is 23.2. The highest BCUT2D eigenvalue weighted by molar-refractivity contribution is 8.01. The van der Waals surface area contributed by atoms with Gasteiger partial charge in [-0.05, 0) is 127 Å². The van der Waals surface area contributed by atoms with Crippen LogP contribution in [0.1, 0.15) is 98.4 Å². The third kappa shape index (κ3) is 10.8. The van der Waals surface area contributed by atoms with Crippen molar-refractivity contribution in [1.29, 1.82) is 0 Å². The van der Waals surface area contributed by atoms with Crippen LogP contribution in [0.4, 0.5) is 28.4 Å². The van der Waals surface area contributed by atoms with Crippen LogP contribution >= 0.6 is 11.8 Å². The summed E-state index contributed by atoms with van der Waals surface area (Å²) in [5, 5.41) is 3.52. The molecule has 4 aliphatic heterocycles. The summed E-state index contributed by atoms with van der Waals surface area (Å²) in [6.07, 6.45) is 3.24. The van der Waals surface area contributed by atoms with Gasteiger partial charge in [0.25, 0.3) is 11.8 Å². The van der Waals surface area contributed by atoms with Crippen LogP contribution in [0.5, 0.6) is 23.0 Å². The minimum absolute atomic E-state index is 0.0335. The Labute approximate surface area is 432 Å². The van der Waals surface area contributed by atoms with Crippen LogP contribution in [0.3, 0.4) is 0 Å². The molecule has 0 spiro atoms. The average Bonchev–Trinajstić information content (AvgIpc) is 3.85. The first-order valence-corrected chi connectivity index (χ1v) is 25.7. The summed E-state index contributed by atoms with van der Waals surface area (Å²) in [7, 11) is 3.09. The summed E-state index contributed by atoms with van der Waals surface area (Å²) >= 11 is 1.49. The zero-order valence-corrected chi connectivity index (χ0v) is 44.2. The lowest BCUT2D eigenvalue weighted by Crippen LogP contribution is -2.49. The van der Waals surface area contributed by atoms with Gasteiger partial charge in [-0.2, -0.15) is 0 Å². The molecule has 9 rings (SSSR count). The third-order valence-corrected chi connectivity index (χ3v) is 15.0. The Kier molecular flexibility index (Phi) is 14.2. The maximum Gasteiger partial charge on any atom is 0.261 e. The Morgan fingerprint density at radius 1 is 0.740 bits per heavy atom. The van der Waals surface area contributed by atoms with E-state index in [1.54, 1.807) is 42.0 Å². The van der Waals surface area contributed by atoms with E-state index in [0.717, 1.165) is 34.5 Å². The van der Waals surface area contributed by atoms with Crippen LogP contribution in [0, 0.1) is 5.41 Å². The second-order valence-electron chi connectivity index (χ2n) is 21.5. The van der Waals surface area contributed by atoms with Crippen molar-refractivity contribution >= 4 is 69.9 Å². The summed E-state index contributed by atoms with van der Waals surface area (Å²) in [5.74, 6) is 1.45. The molecule has 5 aromatic carbocycles. The molecule has 5 aromatic rings. The van der Waals surface area contributed by atoms with Gasteiger partial charge in [0.05, 0.1) is 72.2 Å². The molecule has 0 saturated carbocycles. The maximum atomic E-state index is 15.1. The number of ether oxygens (including phenoxy) is 5. The molecule has 4 heterocycles. The fraction of sp³-hybridized carbons (Fsp3) is 0.397. The number of nitrogens with zero attached hydrogens (tertiary/aromatic N) is 4. The summed E-state index contributed by atoms with van der Waals surface area (Å²) in [4.78, 5) is 66.1. The van der Waals surface area contributed by atoms with E-state index in [1.165, 1.54) is 18.9 Å². The minimum atomic E-state index is -0.959. The lowest BCUT2D eigenvalue weighted by molar-refractivity contribution is -0.133. The molecule has 14 nitrogen and oxygen atoms in total. The van der Waals surface area contributed by atoms with Crippen LogP contribution in [0.25, 0.3) is 0 Å². The van der Waals surface area contributed by atoms with Crippen LogP contribution in [0.2, 0.25) is 0 Å². The molecule has 382 valence electrons. The van der Waals surface area contributed by atoms with Gasteiger partial charge in [-0.25, -0.2) is 0 Å². The topological polar surface area (TPSA) is 149 Å². The molecule has 3 amide bonds. The fourth-order valence-corrected chi connectivity index (χ4v) is 10.6. The van der Waals surface area contributed by atoms with Crippen molar-refractivity contribution in [1.82, 2.24) is 0 Å². The fourth-order valence-electron chi connectivity index (χ4n) is 9.82. The van der Waals surface area contributed by atoms with Crippen molar-refractivity contribution in [3.05, 3.63) is 124 Å². The molecule has 2 unspecified atom stereocenters. The molecular weight excluding hydrogens is 943 g/mol. The number of hydrogen-bond donors (Lipinski definition) is 1. The number of para-hydroxylation sites is 2. The SMILES string of the molecule is COc1cc2c(cc1OCc1cc(COc3cc4c(cc3OC)C(=O)N3c5ccccc5CC3CN4)cc(N(CC(C)(C)SCC(C)=O)C(=O)C(C)(C)COC(C)(C)C)c1)N=CC1Cc3ccccc3N1C2=O. The molecule has 0 radical (unpaired) electrons. The molecule has 4 aliphatic rings. The molecule has 15 heteroatoms. The molecule has 0 aromatic heterocycles. The predicted molar refractivity (Wildman–Crippen MR) is 288 cm³/mol. The standard InChI is InChI=1S/C58H65N5O9S/c1-35(64)32-73-58(7,8)33-61(55(67)57(5,6)34-72-56(2,3)4)40-20-36(30-70-51-26-45-43(24-49(51)68-9)53(65)62-41(28-59-45)22-38-15-11-13-17-47(38)62)19-37(21-40)31-71-52-27-46-44(25-50(52)69-10)54(66)63-42(29-60-46)23-39-16-12-14-18-48(39)63/h11-21,24-28,41-42,60H,22-23,29-34H2,1-10H3. The quantitative estimate of drug-likeness (QED) is 0.0949. The van der Waals surface area contributed by atoms with E-state index in [0.29, 0.717) is 69.7 Å². The van der Waals surface area contributed by atoms with Crippen molar-refractivity contribution in [3.8, 4) is 23.0 Å².